The van der Waals surface area contributed by atoms with Crippen LogP contribution in [0, 0.1) is 5.82 Å². The molecule has 2 aromatic rings. The SMILES string of the molecule is C[C@@H](O)c1ccc(Oc2ccc(F)c(Cl)c2)c(Br)c1. The Balaban J connectivity index is 2.25. The topological polar surface area (TPSA) is 29.5 Å². The lowest BCUT2D eigenvalue weighted by molar-refractivity contribution is 0.199. The molecular formula is C14H11BrClFO2. The van der Waals surface area contributed by atoms with Crippen LogP contribution in [-0.2, 0) is 0 Å². The minimum absolute atomic E-state index is 0.00854. The molecule has 2 rings (SSSR count). The van der Waals surface area contributed by atoms with Crippen LogP contribution in [0.2, 0.25) is 5.02 Å². The smallest absolute Gasteiger partial charge is 0.142 e. The van der Waals surface area contributed by atoms with Gasteiger partial charge in [-0.25, -0.2) is 4.39 Å². The molecule has 0 spiro atoms. The molecular weight excluding hydrogens is 335 g/mol. The van der Waals surface area contributed by atoms with Gasteiger partial charge in [-0.05, 0) is 52.7 Å². The molecule has 5 heteroatoms. The van der Waals surface area contributed by atoms with Crippen molar-refractivity contribution in [2.75, 3.05) is 0 Å². The average Bonchev–Trinajstić information content (AvgIpc) is 2.36. The van der Waals surface area contributed by atoms with Crippen LogP contribution in [-0.4, -0.2) is 5.11 Å². The van der Waals surface area contributed by atoms with Crippen molar-refractivity contribution in [1.82, 2.24) is 0 Å². The van der Waals surface area contributed by atoms with Gasteiger partial charge >= 0.3 is 0 Å². The maximum absolute atomic E-state index is 13.0. The molecule has 0 aliphatic heterocycles. The van der Waals surface area contributed by atoms with Crippen LogP contribution in [0.25, 0.3) is 0 Å². The highest BCUT2D eigenvalue weighted by Gasteiger charge is 2.08. The van der Waals surface area contributed by atoms with E-state index in [-0.39, 0.29) is 5.02 Å². The average molecular weight is 346 g/mol. The van der Waals surface area contributed by atoms with Gasteiger partial charge in [0.2, 0.25) is 0 Å². The molecule has 19 heavy (non-hydrogen) atoms. The highest BCUT2D eigenvalue weighted by Crippen LogP contribution is 2.33. The molecule has 0 saturated carbocycles. The molecule has 0 aromatic heterocycles. The van der Waals surface area contributed by atoms with E-state index in [2.05, 4.69) is 15.9 Å². The highest BCUT2D eigenvalue weighted by molar-refractivity contribution is 9.10. The fourth-order valence-corrected chi connectivity index (χ4v) is 2.17. The largest absolute Gasteiger partial charge is 0.456 e. The van der Waals surface area contributed by atoms with Crippen LogP contribution in [0.4, 0.5) is 4.39 Å². The molecule has 100 valence electrons. The van der Waals surface area contributed by atoms with Crippen molar-refractivity contribution < 1.29 is 14.2 Å². The van der Waals surface area contributed by atoms with Gasteiger partial charge in [0.15, 0.2) is 0 Å². The van der Waals surface area contributed by atoms with Crippen LogP contribution in [0.15, 0.2) is 40.9 Å². The molecule has 0 saturated heterocycles. The van der Waals surface area contributed by atoms with Crippen molar-refractivity contribution in [2.24, 2.45) is 0 Å². The number of hydrogen-bond acceptors (Lipinski definition) is 2. The maximum atomic E-state index is 13.0. The summed E-state index contributed by atoms with van der Waals surface area (Å²) in [7, 11) is 0. The Kier molecular flexibility index (Phi) is 4.45. The van der Waals surface area contributed by atoms with Gasteiger partial charge in [0.25, 0.3) is 0 Å². The van der Waals surface area contributed by atoms with E-state index in [4.69, 9.17) is 16.3 Å². The van der Waals surface area contributed by atoms with E-state index in [1.165, 1.54) is 18.2 Å². The Morgan fingerprint density at radius 2 is 2.00 bits per heavy atom. The third-order valence-corrected chi connectivity index (χ3v) is 3.47. The number of aliphatic hydroxyl groups is 1. The summed E-state index contributed by atoms with van der Waals surface area (Å²) in [6, 6.07) is 9.41. The first-order valence-electron chi connectivity index (χ1n) is 5.58. The number of hydrogen-bond donors (Lipinski definition) is 1. The number of benzene rings is 2. The highest BCUT2D eigenvalue weighted by atomic mass is 79.9. The van der Waals surface area contributed by atoms with E-state index in [9.17, 15) is 9.50 Å². The van der Waals surface area contributed by atoms with Crippen molar-refractivity contribution >= 4 is 27.5 Å². The third-order valence-electron chi connectivity index (χ3n) is 2.56. The lowest BCUT2D eigenvalue weighted by Gasteiger charge is -2.11. The number of rotatable bonds is 3. The second-order valence-electron chi connectivity index (χ2n) is 4.04. The van der Waals surface area contributed by atoms with Gasteiger partial charge in [-0.15, -0.1) is 0 Å². The molecule has 1 atom stereocenters. The van der Waals surface area contributed by atoms with Gasteiger partial charge in [0.05, 0.1) is 15.6 Å². The van der Waals surface area contributed by atoms with Crippen molar-refractivity contribution in [3.63, 3.8) is 0 Å². The number of aliphatic hydroxyl groups excluding tert-OH is 1. The Morgan fingerprint density at radius 1 is 1.26 bits per heavy atom. The predicted octanol–water partition coefficient (Wildman–Crippen LogP) is 5.09. The van der Waals surface area contributed by atoms with E-state index >= 15 is 0 Å². The summed E-state index contributed by atoms with van der Waals surface area (Å²) in [5.74, 6) is 0.515. The zero-order chi connectivity index (χ0) is 14.0. The standard InChI is InChI=1S/C14H11BrClFO2/c1-8(18)9-2-5-14(11(15)6-9)19-10-3-4-13(17)12(16)7-10/h2-8,18H,1H3/t8-/m1/s1. The number of halogens is 3. The summed E-state index contributed by atoms with van der Waals surface area (Å²) in [6.07, 6.45) is -0.550. The van der Waals surface area contributed by atoms with Gasteiger partial charge < -0.3 is 9.84 Å². The van der Waals surface area contributed by atoms with Crippen molar-refractivity contribution in [1.29, 1.82) is 0 Å². The second-order valence-corrected chi connectivity index (χ2v) is 5.31. The quantitative estimate of drug-likeness (QED) is 0.840. The van der Waals surface area contributed by atoms with Crippen LogP contribution in [0.3, 0.4) is 0 Å². The van der Waals surface area contributed by atoms with Gasteiger partial charge in [0, 0.05) is 6.07 Å². The second kappa shape index (κ2) is 5.90. The maximum Gasteiger partial charge on any atom is 0.142 e. The molecule has 0 amide bonds. The van der Waals surface area contributed by atoms with Crippen molar-refractivity contribution in [3.05, 3.63) is 57.3 Å². The van der Waals surface area contributed by atoms with Gasteiger partial charge in [-0.1, -0.05) is 17.7 Å². The number of ether oxygens (including phenoxy) is 1. The van der Waals surface area contributed by atoms with E-state index in [0.29, 0.717) is 16.0 Å². The van der Waals surface area contributed by atoms with Gasteiger partial charge in [-0.3, -0.25) is 0 Å². The molecule has 0 heterocycles. The fraction of sp³-hybridized carbons (Fsp3) is 0.143. The zero-order valence-corrected chi connectivity index (χ0v) is 12.4. The first-order chi connectivity index (χ1) is 8.97. The van der Waals surface area contributed by atoms with E-state index in [1.54, 1.807) is 25.1 Å². The van der Waals surface area contributed by atoms with Crippen LogP contribution in [0.5, 0.6) is 11.5 Å². The molecule has 0 unspecified atom stereocenters. The first-order valence-corrected chi connectivity index (χ1v) is 6.75. The molecule has 1 N–H and O–H groups in total. The Bertz CT molecular complexity index is 602. The summed E-state index contributed by atoms with van der Waals surface area (Å²) in [5, 5.41) is 9.48. The van der Waals surface area contributed by atoms with E-state index in [1.807, 2.05) is 0 Å². The predicted molar refractivity (Wildman–Crippen MR) is 76.3 cm³/mol. The fourth-order valence-electron chi connectivity index (χ4n) is 1.53. The normalized spacial score (nSPS) is 12.3. The molecule has 2 nitrogen and oxygen atoms in total. The molecule has 0 radical (unpaired) electrons. The molecule has 2 aromatic carbocycles. The molecule has 0 fully saturated rings. The Morgan fingerprint density at radius 3 is 2.58 bits per heavy atom. The van der Waals surface area contributed by atoms with Crippen LogP contribution in [0.1, 0.15) is 18.6 Å². The van der Waals surface area contributed by atoms with Crippen molar-refractivity contribution in [3.8, 4) is 11.5 Å². The van der Waals surface area contributed by atoms with Crippen LogP contribution < -0.4 is 4.74 Å². The minimum Gasteiger partial charge on any atom is -0.456 e. The summed E-state index contributed by atoms with van der Waals surface area (Å²) < 4.78 is 19.3. The first kappa shape index (κ1) is 14.3. The summed E-state index contributed by atoms with van der Waals surface area (Å²) in [6.45, 7) is 1.68. The molecule has 0 aliphatic carbocycles. The monoisotopic (exact) mass is 344 g/mol. The Labute approximate surface area is 123 Å². The third kappa shape index (κ3) is 3.47. The summed E-state index contributed by atoms with van der Waals surface area (Å²) >= 11 is 9.05. The van der Waals surface area contributed by atoms with Gasteiger partial charge in [-0.2, -0.15) is 0 Å². The summed E-state index contributed by atoms with van der Waals surface area (Å²) in [5.41, 5.74) is 0.774. The molecule has 0 bridgehead atoms. The van der Waals surface area contributed by atoms with Crippen molar-refractivity contribution in [2.45, 2.75) is 13.0 Å². The lowest BCUT2D eigenvalue weighted by atomic mass is 10.1. The minimum atomic E-state index is -0.550. The van der Waals surface area contributed by atoms with Crippen LogP contribution >= 0.6 is 27.5 Å². The van der Waals surface area contributed by atoms with Gasteiger partial charge in [0.1, 0.15) is 17.3 Å². The van der Waals surface area contributed by atoms with E-state index in [0.717, 1.165) is 5.56 Å². The Hall–Kier alpha value is -1.10. The summed E-state index contributed by atoms with van der Waals surface area (Å²) in [4.78, 5) is 0. The van der Waals surface area contributed by atoms with E-state index < -0.39 is 11.9 Å². The lowest BCUT2D eigenvalue weighted by Crippen LogP contribution is -1.92. The molecule has 0 aliphatic rings. The zero-order valence-electron chi connectivity index (χ0n) is 10.0.